The van der Waals surface area contributed by atoms with Crippen LogP contribution >= 0.6 is 0 Å². The number of esters is 1. The molecule has 0 aromatic heterocycles. The minimum absolute atomic E-state index is 0.0380. The van der Waals surface area contributed by atoms with Gasteiger partial charge in [0.05, 0.1) is 19.3 Å². The van der Waals surface area contributed by atoms with Crippen molar-refractivity contribution < 1.29 is 29.3 Å². The van der Waals surface area contributed by atoms with E-state index in [1.165, 1.54) is 6.07 Å². The number of phenols is 1. The highest BCUT2D eigenvalue weighted by Crippen LogP contribution is 2.53. The Labute approximate surface area is 168 Å². The van der Waals surface area contributed by atoms with E-state index in [1.54, 1.807) is 6.92 Å². The number of ether oxygens (including phenoxy) is 2. The topological polar surface area (TPSA) is 93.1 Å². The van der Waals surface area contributed by atoms with Crippen molar-refractivity contribution in [1.82, 2.24) is 0 Å². The van der Waals surface area contributed by atoms with Gasteiger partial charge in [-0.15, -0.1) is 0 Å². The minimum Gasteiger partial charge on any atom is -0.507 e. The van der Waals surface area contributed by atoms with Crippen LogP contribution in [0.2, 0.25) is 0 Å². The lowest BCUT2D eigenvalue weighted by atomic mass is 9.71. The highest BCUT2D eigenvalue weighted by molar-refractivity contribution is 6.18. The number of allylic oxidation sites excluding steroid dienone is 5. The molecule has 0 bridgehead atoms. The second kappa shape index (κ2) is 7.13. The maximum Gasteiger partial charge on any atom is 0.343 e. The van der Waals surface area contributed by atoms with Crippen molar-refractivity contribution in [2.24, 2.45) is 0 Å². The quantitative estimate of drug-likeness (QED) is 0.602. The van der Waals surface area contributed by atoms with Crippen LogP contribution in [0.25, 0.3) is 11.6 Å². The number of Topliss-reactive ketones (excluding diaryl/α,β-unsaturated/α-hetero) is 1. The summed E-state index contributed by atoms with van der Waals surface area (Å²) in [6.45, 7) is 3.35. The molecule has 6 heteroatoms. The van der Waals surface area contributed by atoms with E-state index in [0.29, 0.717) is 28.7 Å². The number of aliphatic hydroxyl groups excluding tert-OH is 1. The van der Waals surface area contributed by atoms with Crippen molar-refractivity contribution in [3.63, 3.8) is 0 Å². The first-order chi connectivity index (χ1) is 13.9. The zero-order valence-corrected chi connectivity index (χ0v) is 16.3. The normalized spacial score (nSPS) is 26.0. The molecule has 2 heterocycles. The van der Waals surface area contributed by atoms with Crippen molar-refractivity contribution in [1.29, 1.82) is 0 Å². The van der Waals surface area contributed by atoms with Gasteiger partial charge in [-0.25, -0.2) is 4.79 Å². The first-order valence-electron chi connectivity index (χ1n) is 9.51. The fraction of sp³-hybridized carbons (Fsp3) is 0.304. The Balaban J connectivity index is 1.96. The van der Waals surface area contributed by atoms with E-state index in [0.717, 1.165) is 5.57 Å². The molecule has 1 aliphatic carbocycles. The lowest BCUT2D eigenvalue weighted by Gasteiger charge is -2.37. The van der Waals surface area contributed by atoms with Crippen LogP contribution in [-0.4, -0.2) is 41.3 Å². The van der Waals surface area contributed by atoms with Gasteiger partial charge in [-0.05, 0) is 36.6 Å². The third-order valence-corrected chi connectivity index (χ3v) is 5.59. The third kappa shape index (κ3) is 2.87. The van der Waals surface area contributed by atoms with Crippen LogP contribution in [-0.2, 0) is 19.9 Å². The van der Waals surface area contributed by atoms with Gasteiger partial charge in [0.15, 0.2) is 5.60 Å². The summed E-state index contributed by atoms with van der Waals surface area (Å²) in [6.07, 6.45) is 11.1. The second-order valence-corrected chi connectivity index (χ2v) is 7.41. The Bertz CT molecular complexity index is 1030. The van der Waals surface area contributed by atoms with E-state index in [4.69, 9.17) is 9.47 Å². The molecular weight excluding hydrogens is 372 g/mol. The van der Waals surface area contributed by atoms with Crippen LogP contribution in [0, 0.1) is 0 Å². The largest absolute Gasteiger partial charge is 0.507 e. The Kier molecular flexibility index (Phi) is 4.76. The molecule has 3 aliphatic rings. The molecule has 29 heavy (non-hydrogen) atoms. The fourth-order valence-corrected chi connectivity index (χ4v) is 4.23. The first-order valence-corrected chi connectivity index (χ1v) is 9.51. The maximum atomic E-state index is 13.2. The molecule has 2 atom stereocenters. The molecule has 0 amide bonds. The number of hydrogen-bond donors (Lipinski definition) is 2. The standard InChI is InChI=1S/C23H22O6/c1-3-4-5-6-7-8-13-9-17(25)19-20-18(13)15-10-14(11-24)28-12-16(15)21(26)23(20,2)29-22(19)27/h3-9,14,24-25H,10-12H2,1-2H3/b4-3+,6-5+,8-7+/t14-,23-/m0/s1. The van der Waals surface area contributed by atoms with Gasteiger partial charge >= 0.3 is 5.97 Å². The lowest BCUT2D eigenvalue weighted by Crippen LogP contribution is -2.42. The van der Waals surface area contributed by atoms with Crippen molar-refractivity contribution in [2.75, 3.05) is 13.2 Å². The summed E-state index contributed by atoms with van der Waals surface area (Å²) in [6, 6.07) is 1.52. The number of benzene rings is 1. The zero-order chi connectivity index (χ0) is 20.8. The molecule has 0 saturated heterocycles. The van der Waals surface area contributed by atoms with Gasteiger partial charge in [-0.1, -0.05) is 36.5 Å². The second-order valence-electron chi connectivity index (χ2n) is 7.41. The molecule has 6 nitrogen and oxygen atoms in total. The number of hydrogen-bond acceptors (Lipinski definition) is 6. The Hall–Kier alpha value is -2.96. The number of carbonyl (C=O) groups excluding carboxylic acids is 2. The average molecular weight is 394 g/mol. The predicted octanol–water partition coefficient (Wildman–Crippen LogP) is 3.04. The molecule has 150 valence electrons. The smallest absolute Gasteiger partial charge is 0.343 e. The van der Waals surface area contributed by atoms with Crippen molar-refractivity contribution >= 4 is 23.4 Å². The van der Waals surface area contributed by atoms with E-state index in [-0.39, 0.29) is 30.3 Å². The summed E-state index contributed by atoms with van der Waals surface area (Å²) in [7, 11) is 0. The minimum atomic E-state index is -1.49. The number of ketones is 1. The number of rotatable bonds is 4. The summed E-state index contributed by atoms with van der Waals surface area (Å²) in [4.78, 5) is 25.7. The van der Waals surface area contributed by atoms with Gasteiger partial charge in [-0.3, -0.25) is 4.79 Å². The van der Waals surface area contributed by atoms with Gasteiger partial charge in [0.1, 0.15) is 11.3 Å². The number of aromatic hydroxyl groups is 1. The van der Waals surface area contributed by atoms with Gasteiger partial charge in [0.2, 0.25) is 5.78 Å². The summed E-state index contributed by atoms with van der Waals surface area (Å²) in [5, 5.41) is 20.1. The molecule has 0 fully saturated rings. The van der Waals surface area contributed by atoms with Crippen molar-refractivity contribution in [2.45, 2.75) is 32.0 Å². The molecule has 0 saturated carbocycles. The summed E-state index contributed by atoms with van der Waals surface area (Å²) >= 11 is 0. The van der Waals surface area contributed by atoms with Crippen LogP contribution in [0.1, 0.15) is 47.3 Å². The van der Waals surface area contributed by atoms with Crippen LogP contribution in [0.5, 0.6) is 5.75 Å². The van der Waals surface area contributed by atoms with Gasteiger partial charge in [0.25, 0.3) is 0 Å². The first kappa shape index (κ1) is 19.4. The molecule has 2 aliphatic heterocycles. The third-order valence-electron chi connectivity index (χ3n) is 5.59. The lowest BCUT2D eigenvalue weighted by molar-refractivity contribution is -0.133. The van der Waals surface area contributed by atoms with E-state index >= 15 is 0 Å². The summed E-state index contributed by atoms with van der Waals surface area (Å²) < 4.78 is 11.1. The van der Waals surface area contributed by atoms with Gasteiger partial charge < -0.3 is 19.7 Å². The van der Waals surface area contributed by atoms with Gasteiger partial charge in [-0.2, -0.15) is 0 Å². The number of phenolic OH excluding ortho intramolecular Hbond substituents is 1. The SMILES string of the molecule is C/C=C/C=C/C=C/c1cc(O)c2c3c1C1=C(CO[C@H](CO)C1)C(=O)[C@@]3(C)OC2=O. The Morgan fingerprint density at radius 2 is 1.93 bits per heavy atom. The predicted molar refractivity (Wildman–Crippen MR) is 107 cm³/mol. The molecule has 2 N–H and O–H groups in total. The van der Waals surface area contributed by atoms with Crippen LogP contribution in [0.4, 0.5) is 0 Å². The van der Waals surface area contributed by atoms with Crippen molar-refractivity contribution in [3.05, 3.63) is 64.3 Å². The van der Waals surface area contributed by atoms with E-state index in [9.17, 15) is 19.8 Å². The monoisotopic (exact) mass is 394 g/mol. The highest BCUT2D eigenvalue weighted by Gasteiger charge is 2.55. The molecular formula is C23H22O6. The van der Waals surface area contributed by atoms with Crippen LogP contribution < -0.4 is 0 Å². The van der Waals surface area contributed by atoms with Crippen molar-refractivity contribution in [3.8, 4) is 5.75 Å². The number of aliphatic hydroxyl groups is 1. The Morgan fingerprint density at radius 1 is 1.17 bits per heavy atom. The van der Waals surface area contributed by atoms with Crippen LogP contribution in [0.15, 0.2) is 42.0 Å². The molecule has 1 aromatic carbocycles. The van der Waals surface area contributed by atoms with E-state index in [2.05, 4.69) is 0 Å². The molecule has 4 rings (SSSR count). The summed E-state index contributed by atoms with van der Waals surface area (Å²) in [5.41, 5.74) is 1.53. The van der Waals surface area contributed by atoms with E-state index in [1.807, 2.05) is 43.4 Å². The highest BCUT2D eigenvalue weighted by atomic mass is 16.6. The zero-order valence-electron chi connectivity index (χ0n) is 16.3. The molecule has 0 spiro atoms. The van der Waals surface area contributed by atoms with Crippen LogP contribution in [0.3, 0.4) is 0 Å². The molecule has 1 aromatic rings. The molecule has 0 unspecified atom stereocenters. The van der Waals surface area contributed by atoms with Gasteiger partial charge in [0, 0.05) is 17.6 Å². The molecule has 0 radical (unpaired) electrons. The number of fused-ring (bicyclic) bond motifs is 1. The summed E-state index contributed by atoms with van der Waals surface area (Å²) in [5.74, 6) is -1.26. The Morgan fingerprint density at radius 3 is 2.66 bits per heavy atom. The number of carbonyl (C=O) groups is 2. The fourth-order valence-electron chi connectivity index (χ4n) is 4.23. The average Bonchev–Trinajstić information content (AvgIpc) is 2.99. The van der Waals surface area contributed by atoms with E-state index < -0.39 is 17.7 Å². The maximum absolute atomic E-state index is 13.2.